The van der Waals surface area contributed by atoms with E-state index in [2.05, 4.69) is 105 Å². The molecule has 11 saturated carbocycles. The quantitative estimate of drug-likeness (QED) is 0.0770. The molecule has 0 radical (unpaired) electrons. The Labute approximate surface area is 652 Å². The van der Waals surface area contributed by atoms with Gasteiger partial charge in [-0.25, -0.2) is 0 Å². The second-order valence-corrected chi connectivity index (χ2v) is 46.0. The molecule has 2 unspecified atom stereocenters. The molecule has 16 aliphatic rings. The van der Waals surface area contributed by atoms with Crippen LogP contribution in [0.25, 0.3) is 0 Å². The van der Waals surface area contributed by atoms with Gasteiger partial charge in [0.25, 0.3) is 0 Å². The van der Waals surface area contributed by atoms with Crippen LogP contribution in [-0.4, -0.2) is 208 Å². The Hall–Kier alpha value is -0.133. The molecule has 0 aromatic heterocycles. The van der Waals surface area contributed by atoms with Crippen LogP contribution in [0.15, 0.2) is 0 Å². The van der Waals surface area contributed by atoms with Crippen LogP contribution in [0.1, 0.15) is 268 Å². The second-order valence-electron chi connectivity index (χ2n) is 41.2. The number of morpholine rings is 2. The molecular formula is C88H160ClN3O13Si. The van der Waals surface area contributed by atoms with Crippen molar-refractivity contribution in [3.05, 3.63) is 0 Å². The summed E-state index contributed by atoms with van der Waals surface area (Å²) in [5.74, 6) is 4.13. The molecular weight excluding hydrogens is 1370 g/mol. The standard InChI is InChI=1S/C46H81NO6Si.C39H66N2O6.CH4O.2CH4.ClH/c1-12-49-39(42(8,9)48)32-27-30(5)37-38(51-32)40(53-54(13-2,14-3)15-4)44(11)34-20-19-33-41(6,7)35(52-36-28-47(25-26-50-36)31-17-16-18-31)21-22-45(33)29-46(34,45)24-23-43(37,44)10;1-9-44-33(35(5,6)43)25-18-23(2)30-31(46-25)32(42)37(8)27-11-10-26-34(3,4)28(47-29-21-41(16-17-45-29)24-19-40-20-24)12-13-38(26)22-39(27,38)15-14-36(30,37)7;1-2;;;/h30-40,48H,12-29H2,1-11H3;23-33,40,42-43H,9-22H2,1-8H3;2H,1H3;2*1H4;1H/t30-,32-,33+,34+,35+,36+,37+,38+,39+,40+,43-,44-,45-,46?;23-,25-,26+,27+,28+,29+,30+,31+,32+,33+,36-,37-,38-,39?;;;;/m11..../s1. The minimum Gasteiger partial charge on any atom is -0.411 e. The molecule has 616 valence electrons. The number of aliphatic hydroxyl groups is 4. The first-order chi connectivity index (χ1) is 48.6. The van der Waals surface area contributed by atoms with Gasteiger partial charge in [0.05, 0.1) is 73.2 Å². The van der Waals surface area contributed by atoms with Gasteiger partial charge < -0.3 is 68.1 Å². The predicted octanol–water partition coefficient (Wildman–Crippen LogP) is 15.9. The molecule has 11 aliphatic carbocycles. The van der Waals surface area contributed by atoms with Crippen molar-refractivity contribution in [2.45, 2.75) is 383 Å². The molecule has 0 bridgehead atoms. The van der Waals surface area contributed by atoms with E-state index in [1.807, 2.05) is 41.5 Å². The highest BCUT2D eigenvalue weighted by Crippen LogP contribution is 2.91. The van der Waals surface area contributed by atoms with Crippen molar-refractivity contribution < 1.29 is 62.7 Å². The number of nitrogens with zero attached hydrogens (tertiary/aromatic N) is 2. The zero-order chi connectivity index (χ0) is 74.1. The molecule has 16 rings (SSSR count). The van der Waals surface area contributed by atoms with Crippen molar-refractivity contribution >= 4 is 20.7 Å². The summed E-state index contributed by atoms with van der Waals surface area (Å²) in [6, 6.07) is 4.86. The Morgan fingerprint density at radius 2 is 0.943 bits per heavy atom. The molecule has 16 fully saturated rings. The molecule has 5 saturated heterocycles. The maximum absolute atomic E-state index is 12.6. The number of halogens is 1. The molecule has 0 aromatic carbocycles. The van der Waals surface area contributed by atoms with Crippen LogP contribution in [0, 0.1) is 101 Å². The highest BCUT2D eigenvalue weighted by molar-refractivity contribution is 6.73. The molecule has 16 nitrogen and oxygen atoms in total. The number of hydrogen-bond acceptors (Lipinski definition) is 16. The Bertz CT molecular complexity index is 2960. The third-order valence-corrected chi connectivity index (χ3v) is 40.8. The maximum Gasteiger partial charge on any atom is 0.192 e. The van der Waals surface area contributed by atoms with Crippen LogP contribution < -0.4 is 5.32 Å². The number of fused-ring (bicyclic) bond motifs is 8. The highest BCUT2D eigenvalue weighted by Gasteiger charge is 2.87. The lowest BCUT2D eigenvalue weighted by Crippen LogP contribution is -2.62. The van der Waals surface area contributed by atoms with E-state index in [1.165, 1.54) is 96.3 Å². The number of rotatable bonds is 19. The first-order valence-corrected chi connectivity index (χ1v) is 45.7. The van der Waals surface area contributed by atoms with Gasteiger partial charge in [0.2, 0.25) is 0 Å². The van der Waals surface area contributed by atoms with Gasteiger partial charge in [-0.1, -0.05) is 111 Å². The third kappa shape index (κ3) is 12.9. The van der Waals surface area contributed by atoms with E-state index in [4.69, 9.17) is 47.4 Å². The fourth-order valence-electron chi connectivity index (χ4n) is 30.6. The van der Waals surface area contributed by atoms with Crippen molar-refractivity contribution in [3.63, 3.8) is 0 Å². The van der Waals surface area contributed by atoms with Gasteiger partial charge in [0, 0.05) is 82.5 Å². The molecule has 0 aromatic rings. The lowest BCUT2D eigenvalue weighted by Gasteiger charge is -2.64. The summed E-state index contributed by atoms with van der Waals surface area (Å²) in [6.07, 6.45) is 22.1. The monoisotopic (exact) mass is 1530 g/mol. The first kappa shape index (κ1) is 86.7. The summed E-state index contributed by atoms with van der Waals surface area (Å²) in [5, 5.41) is 45.5. The van der Waals surface area contributed by atoms with Crippen molar-refractivity contribution in [1.29, 1.82) is 0 Å². The highest BCUT2D eigenvalue weighted by atomic mass is 35.5. The Kier molecular flexibility index (Phi) is 25.1. The number of aliphatic hydroxyl groups excluding tert-OH is 2. The molecule has 18 heteroatoms. The Balaban J connectivity index is 0.000000203. The van der Waals surface area contributed by atoms with Gasteiger partial charge >= 0.3 is 0 Å². The number of nitrogens with one attached hydrogen (secondary N) is 1. The van der Waals surface area contributed by atoms with E-state index >= 15 is 0 Å². The van der Waals surface area contributed by atoms with E-state index in [-0.39, 0.29) is 121 Å². The topological polar surface area (TPSA) is 182 Å². The van der Waals surface area contributed by atoms with Crippen molar-refractivity contribution in [1.82, 2.24) is 15.1 Å². The fraction of sp³-hybridized carbons (Fsp3) is 1.00. The average Bonchev–Trinajstić information content (AvgIpc) is 1.46. The van der Waals surface area contributed by atoms with Crippen LogP contribution in [0.5, 0.6) is 0 Å². The number of ether oxygens (including phenoxy) is 8. The second kappa shape index (κ2) is 30.7. The summed E-state index contributed by atoms with van der Waals surface area (Å²) in [6.45, 7) is 52.9. The van der Waals surface area contributed by atoms with Crippen LogP contribution in [0.3, 0.4) is 0 Å². The Morgan fingerprint density at radius 3 is 1.35 bits per heavy atom. The summed E-state index contributed by atoms with van der Waals surface area (Å²) in [4.78, 5) is 5.23. The van der Waals surface area contributed by atoms with Crippen LogP contribution in [0.2, 0.25) is 18.1 Å². The minimum absolute atomic E-state index is 0. The summed E-state index contributed by atoms with van der Waals surface area (Å²) in [7, 11) is -0.999. The maximum atomic E-state index is 12.6. The normalized spacial score (nSPS) is 48.1. The van der Waals surface area contributed by atoms with Crippen molar-refractivity contribution in [2.24, 2.45) is 101 Å². The van der Waals surface area contributed by atoms with Gasteiger partial charge in [0.15, 0.2) is 20.9 Å². The van der Waals surface area contributed by atoms with Crippen molar-refractivity contribution in [3.8, 4) is 0 Å². The van der Waals surface area contributed by atoms with E-state index in [9.17, 15) is 15.3 Å². The molecule has 5 heterocycles. The smallest absolute Gasteiger partial charge is 0.192 e. The molecule has 28 atom stereocenters. The molecule has 5 aliphatic heterocycles. The van der Waals surface area contributed by atoms with Gasteiger partial charge in [-0.05, 0) is 266 Å². The summed E-state index contributed by atoms with van der Waals surface area (Å²) >= 11 is 0. The minimum atomic E-state index is -2.00. The van der Waals surface area contributed by atoms with Crippen LogP contribution in [0.4, 0.5) is 0 Å². The molecule has 5 N–H and O–H groups in total. The largest absolute Gasteiger partial charge is 0.411 e. The SMILES string of the molecule is C.C.CCO[C@@H]([C@H]1C[C@@H](C)[C@H]2[C@H](O1)[C@H](O)[C@@]1(C)[C@@H]3CC[C@H]4C(C)(C)[C@@H](O[C@H]5CN(C6CNC6)CCO5)CC[C@@]45CC35CC[C@]21C)C(C)(C)O.CCO[C@@H]([C@H]1C[C@@H](C)[C@H]2[C@H](O1)[C@H](O[Si](CC)(CC)CC)[C@@]1(C)[C@@H]3CC[C@H]4C(C)(C)[C@@H](O[C@H]5CN(C6CCC6)CCO5)CC[C@@]45CC35CC[C@]21C)C(C)(C)O.CO.Cl. The van der Waals surface area contributed by atoms with E-state index in [0.29, 0.717) is 88.3 Å². The molecule has 0 amide bonds. The van der Waals surface area contributed by atoms with E-state index in [0.717, 1.165) is 109 Å². The lowest BCUT2D eigenvalue weighted by molar-refractivity contribution is -0.252. The van der Waals surface area contributed by atoms with E-state index in [1.54, 1.807) is 0 Å². The van der Waals surface area contributed by atoms with Gasteiger partial charge in [-0.3, -0.25) is 9.80 Å². The van der Waals surface area contributed by atoms with Gasteiger partial charge in [-0.2, -0.15) is 0 Å². The summed E-state index contributed by atoms with van der Waals surface area (Å²) in [5.41, 5.74) is -0.265. The third-order valence-electron chi connectivity index (χ3n) is 36.2. The summed E-state index contributed by atoms with van der Waals surface area (Å²) < 4.78 is 61.5. The average molecular weight is 1530 g/mol. The zero-order valence-electron chi connectivity index (χ0n) is 69.1. The zero-order valence-corrected chi connectivity index (χ0v) is 70.9. The lowest BCUT2D eigenvalue weighted by atomic mass is 9.41. The van der Waals surface area contributed by atoms with Crippen LogP contribution >= 0.6 is 12.4 Å². The van der Waals surface area contributed by atoms with Gasteiger partial charge in [-0.15, -0.1) is 12.4 Å². The predicted molar refractivity (Wildman–Crippen MR) is 427 cm³/mol. The molecule has 106 heavy (non-hydrogen) atoms. The Morgan fingerprint density at radius 1 is 0.538 bits per heavy atom. The number of hydrogen-bond donors (Lipinski definition) is 5. The first-order valence-electron chi connectivity index (χ1n) is 43.2. The van der Waals surface area contributed by atoms with Crippen LogP contribution in [-0.2, 0) is 42.3 Å². The molecule has 4 spiro atoms. The fourth-order valence-corrected chi connectivity index (χ4v) is 33.5. The van der Waals surface area contributed by atoms with Gasteiger partial charge in [0.1, 0.15) is 12.2 Å². The van der Waals surface area contributed by atoms with E-state index < -0.39 is 31.7 Å². The van der Waals surface area contributed by atoms with Crippen molar-refractivity contribution in [2.75, 3.05) is 72.8 Å².